The van der Waals surface area contributed by atoms with Crippen LogP contribution in [-0.2, 0) is 5.41 Å². The van der Waals surface area contributed by atoms with Crippen molar-refractivity contribution in [3.8, 4) is 11.5 Å². The summed E-state index contributed by atoms with van der Waals surface area (Å²) in [5.41, 5.74) is 2.29. The van der Waals surface area contributed by atoms with Gasteiger partial charge in [0.2, 0.25) is 0 Å². The van der Waals surface area contributed by atoms with Crippen LogP contribution in [0.3, 0.4) is 0 Å². The Morgan fingerprint density at radius 3 is 1.90 bits per heavy atom. The molecule has 21 heavy (non-hydrogen) atoms. The topological polar surface area (TPSA) is 29.5 Å². The summed E-state index contributed by atoms with van der Waals surface area (Å²) in [6, 6.07) is 15.7. The lowest BCUT2D eigenvalue weighted by Gasteiger charge is -2.26. The number of phenols is 1. The molecule has 2 rings (SSSR count). The van der Waals surface area contributed by atoms with Gasteiger partial charge in [-0.15, -0.1) is 0 Å². The molecule has 0 amide bonds. The SMILES string of the molecule is CCC(C)Oc1ccc(C(C)(C)c2ccc(O)cc2)cc1. The van der Waals surface area contributed by atoms with Crippen LogP contribution in [0.4, 0.5) is 0 Å². The third-order valence-corrected chi connectivity index (χ3v) is 4.08. The van der Waals surface area contributed by atoms with Gasteiger partial charge in [0.1, 0.15) is 11.5 Å². The van der Waals surface area contributed by atoms with Gasteiger partial charge in [0.25, 0.3) is 0 Å². The number of aromatic hydroxyl groups is 1. The van der Waals surface area contributed by atoms with Crippen molar-refractivity contribution < 1.29 is 9.84 Å². The van der Waals surface area contributed by atoms with Crippen LogP contribution in [0.1, 0.15) is 45.2 Å². The van der Waals surface area contributed by atoms with Crippen LogP contribution in [0.25, 0.3) is 0 Å². The van der Waals surface area contributed by atoms with E-state index in [-0.39, 0.29) is 11.5 Å². The average Bonchev–Trinajstić information content (AvgIpc) is 2.48. The summed E-state index contributed by atoms with van der Waals surface area (Å²) in [6.07, 6.45) is 1.24. The fourth-order valence-corrected chi connectivity index (χ4v) is 2.31. The highest BCUT2D eigenvalue weighted by atomic mass is 16.5. The lowest BCUT2D eigenvalue weighted by Crippen LogP contribution is -2.18. The Morgan fingerprint density at radius 2 is 1.43 bits per heavy atom. The molecule has 1 unspecified atom stereocenters. The number of benzene rings is 2. The van der Waals surface area contributed by atoms with Gasteiger partial charge < -0.3 is 9.84 Å². The molecule has 0 saturated heterocycles. The van der Waals surface area contributed by atoms with Gasteiger partial charge in [0.15, 0.2) is 0 Å². The predicted octanol–water partition coefficient (Wildman–Crippen LogP) is 4.90. The van der Waals surface area contributed by atoms with Crippen molar-refractivity contribution in [3.63, 3.8) is 0 Å². The Morgan fingerprint density at radius 1 is 0.952 bits per heavy atom. The van der Waals surface area contributed by atoms with E-state index in [9.17, 15) is 5.11 Å². The summed E-state index contributed by atoms with van der Waals surface area (Å²) in [5, 5.41) is 9.42. The summed E-state index contributed by atoms with van der Waals surface area (Å²) in [5.74, 6) is 1.21. The monoisotopic (exact) mass is 284 g/mol. The van der Waals surface area contributed by atoms with Gasteiger partial charge in [-0.1, -0.05) is 45.0 Å². The second kappa shape index (κ2) is 6.21. The quantitative estimate of drug-likeness (QED) is 0.846. The fraction of sp³-hybridized carbons (Fsp3) is 0.368. The molecule has 0 aliphatic heterocycles. The number of ether oxygens (including phenoxy) is 1. The Hall–Kier alpha value is -1.96. The number of phenolic OH excluding ortho intramolecular Hbond substituents is 1. The van der Waals surface area contributed by atoms with Gasteiger partial charge in [0.05, 0.1) is 6.10 Å². The van der Waals surface area contributed by atoms with Crippen molar-refractivity contribution in [1.29, 1.82) is 0 Å². The highest BCUT2D eigenvalue weighted by Crippen LogP contribution is 2.33. The molecule has 0 aliphatic rings. The molecule has 0 spiro atoms. The normalized spacial score (nSPS) is 13.0. The van der Waals surface area contributed by atoms with Crippen molar-refractivity contribution in [2.75, 3.05) is 0 Å². The molecule has 1 atom stereocenters. The molecule has 2 aromatic carbocycles. The second-order valence-electron chi connectivity index (χ2n) is 6.03. The molecule has 2 heteroatoms. The van der Waals surface area contributed by atoms with Crippen LogP contribution < -0.4 is 4.74 Å². The fourth-order valence-electron chi connectivity index (χ4n) is 2.31. The van der Waals surface area contributed by atoms with Crippen LogP contribution in [0.15, 0.2) is 48.5 Å². The molecule has 0 aromatic heterocycles. The molecule has 0 aliphatic carbocycles. The van der Waals surface area contributed by atoms with Crippen molar-refractivity contribution >= 4 is 0 Å². The van der Waals surface area contributed by atoms with E-state index in [0.29, 0.717) is 5.75 Å². The van der Waals surface area contributed by atoms with Crippen molar-refractivity contribution in [3.05, 3.63) is 59.7 Å². The summed E-state index contributed by atoms with van der Waals surface area (Å²) in [7, 11) is 0. The first-order valence-electron chi connectivity index (χ1n) is 7.50. The molecule has 0 heterocycles. The third-order valence-electron chi connectivity index (χ3n) is 4.08. The Bertz CT molecular complexity index is 568. The summed E-state index contributed by atoms with van der Waals surface area (Å²) < 4.78 is 5.82. The minimum atomic E-state index is -0.109. The number of rotatable bonds is 5. The molecule has 2 aromatic rings. The zero-order chi connectivity index (χ0) is 15.5. The Balaban J connectivity index is 2.22. The highest BCUT2D eigenvalue weighted by molar-refractivity contribution is 5.41. The van der Waals surface area contributed by atoms with Crippen LogP contribution >= 0.6 is 0 Å². The van der Waals surface area contributed by atoms with Crippen LogP contribution in [0, 0.1) is 0 Å². The van der Waals surface area contributed by atoms with Crippen molar-refractivity contribution in [1.82, 2.24) is 0 Å². The second-order valence-corrected chi connectivity index (χ2v) is 6.03. The lowest BCUT2D eigenvalue weighted by molar-refractivity contribution is 0.217. The van der Waals surface area contributed by atoms with E-state index in [0.717, 1.165) is 12.2 Å². The first kappa shape index (κ1) is 15.4. The molecule has 2 nitrogen and oxygen atoms in total. The Kier molecular flexibility index (Phi) is 4.56. The smallest absolute Gasteiger partial charge is 0.119 e. The molecule has 0 fully saturated rings. The third kappa shape index (κ3) is 3.57. The van der Waals surface area contributed by atoms with E-state index in [2.05, 4.69) is 39.8 Å². The minimum absolute atomic E-state index is 0.109. The molecule has 0 saturated carbocycles. The molecule has 0 radical (unpaired) electrons. The average molecular weight is 284 g/mol. The van der Waals surface area contributed by atoms with E-state index in [1.54, 1.807) is 12.1 Å². The standard InChI is InChI=1S/C19H24O2/c1-5-14(2)21-18-12-8-16(9-13-18)19(3,4)15-6-10-17(20)11-7-15/h6-14,20H,5H2,1-4H3. The zero-order valence-electron chi connectivity index (χ0n) is 13.3. The maximum Gasteiger partial charge on any atom is 0.119 e. The van der Waals surface area contributed by atoms with Gasteiger partial charge in [-0.3, -0.25) is 0 Å². The van der Waals surface area contributed by atoms with Crippen LogP contribution in [0.5, 0.6) is 11.5 Å². The summed E-state index contributed by atoms with van der Waals surface area (Å²) >= 11 is 0. The zero-order valence-corrected chi connectivity index (χ0v) is 13.3. The van der Waals surface area contributed by atoms with Crippen molar-refractivity contribution in [2.45, 2.75) is 45.6 Å². The minimum Gasteiger partial charge on any atom is -0.508 e. The highest BCUT2D eigenvalue weighted by Gasteiger charge is 2.23. The lowest BCUT2D eigenvalue weighted by atomic mass is 9.78. The molecular weight excluding hydrogens is 260 g/mol. The van der Waals surface area contributed by atoms with E-state index < -0.39 is 0 Å². The maximum atomic E-state index is 9.42. The first-order valence-corrected chi connectivity index (χ1v) is 7.50. The van der Waals surface area contributed by atoms with Crippen molar-refractivity contribution in [2.24, 2.45) is 0 Å². The maximum absolute atomic E-state index is 9.42. The van der Waals surface area contributed by atoms with E-state index >= 15 is 0 Å². The largest absolute Gasteiger partial charge is 0.508 e. The molecular formula is C19H24O2. The summed E-state index contributed by atoms with van der Waals surface area (Å²) in [4.78, 5) is 0. The van der Waals surface area contributed by atoms with Gasteiger partial charge in [0, 0.05) is 5.41 Å². The van der Waals surface area contributed by atoms with Crippen LogP contribution in [0.2, 0.25) is 0 Å². The first-order chi connectivity index (χ1) is 9.93. The summed E-state index contributed by atoms with van der Waals surface area (Å²) in [6.45, 7) is 8.56. The van der Waals surface area contributed by atoms with Crippen LogP contribution in [-0.4, -0.2) is 11.2 Å². The molecule has 0 bridgehead atoms. The molecule has 112 valence electrons. The van der Waals surface area contributed by atoms with E-state index in [1.165, 1.54) is 11.1 Å². The van der Waals surface area contributed by atoms with E-state index in [1.807, 2.05) is 24.3 Å². The number of hydrogen-bond acceptors (Lipinski definition) is 2. The molecule has 1 N–H and O–H groups in total. The van der Waals surface area contributed by atoms with Gasteiger partial charge in [-0.2, -0.15) is 0 Å². The van der Waals surface area contributed by atoms with E-state index in [4.69, 9.17) is 4.74 Å². The van der Waals surface area contributed by atoms with Gasteiger partial charge in [-0.05, 0) is 48.7 Å². The predicted molar refractivity (Wildman–Crippen MR) is 87.1 cm³/mol. The van der Waals surface area contributed by atoms with Gasteiger partial charge >= 0.3 is 0 Å². The number of hydrogen-bond donors (Lipinski definition) is 1. The van der Waals surface area contributed by atoms with Gasteiger partial charge in [-0.25, -0.2) is 0 Å². The Labute approximate surface area is 127 Å².